The third-order valence-electron chi connectivity index (χ3n) is 7.75. The first kappa shape index (κ1) is 35.5. The predicted molar refractivity (Wildman–Crippen MR) is 195 cm³/mol. The first-order valence-corrected chi connectivity index (χ1v) is 16.9. The number of pyridine rings is 2. The summed E-state index contributed by atoms with van der Waals surface area (Å²) in [6.07, 6.45) is 4.36. The third-order valence-corrected chi connectivity index (χ3v) is 7.75. The van der Waals surface area contributed by atoms with Gasteiger partial charge in [0.25, 0.3) is 0 Å². The molecule has 0 N–H and O–H groups in total. The molecular formula is C42H38N4O6. The lowest BCUT2D eigenvalue weighted by Crippen LogP contribution is -2.37. The maximum atomic E-state index is 13.3. The summed E-state index contributed by atoms with van der Waals surface area (Å²) in [5.41, 5.74) is 3.24. The molecule has 0 unspecified atom stereocenters. The maximum Gasteiger partial charge on any atom is 0.438 e. The SMILES string of the molecule is O=C(ON(CCc1ccccn1)Cc1cccc(Oc2ccccc2)c1)C(=O)ON(CCc1ccccn1)Cc1cccc(Oc2ccccc2)c1. The standard InChI is InChI=1S/C42H38N4O6/c47-41(51-45(27-23-35-15-7-9-25-43-35)31-33-13-11-21-39(29-33)49-37-17-3-1-4-18-37)42(48)52-46(28-24-36-16-8-10-26-44-36)32-34-14-12-22-40(30-34)50-38-19-5-2-6-20-38/h1-22,25-26,29-30H,23-24,27-28,31-32H2. The first-order valence-electron chi connectivity index (χ1n) is 16.9. The van der Waals surface area contributed by atoms with Crippen LogP contribution >= 0.6 is 0 Å². The van der Waals surface area contributed by atoms with E-state index in [9.17, 15) is 9.59 Å². The lowest BCUT2D eigenvalue weighted by Gasteiger charge is -2.23. The van der Waals surface area contributed by atoms with Gasteiger partial charge in [-0.3, -0.25) is 9.97 Å². The van der Waals surface area contributed by atoms with Gasteiger partial charge in [-0.05, 0) is 83.9 Å². The Bertz CT molecular complexity index is 1850. The van der Waals surface area contributed by atoms with Gasteiger partial charge >= 0.3 is 11.9 Å². The molecule has 6 rings (SSSR count). The number of para-hydroxylation sites is 2. The van der Waals surface area contributed by atoms with Gasteiger partial charge in [0, 0.05) is 49.7 Å². The molecule has 52 heavy (non-hydrogen) atoms. The Balaban J connectivity index is 1.14. The van der Waals surface area contributed by atoms with E-state index in [1.54, 1.807) is 12.4 Å². The number of carbonyl (C=O) groups excluding carboxylic acids is 2. The van der Waals surface area contributed by atoms with Gasteiger partial charge in [0.1, 0.15) is 23.0 Å². The van der Waals surface area contributed by atoms with Crippen LogP contribution in [0, 0.1) is 0 Å². The largest absolute Gasteiger partial charge is 0.457 e. The van der Waals surface area contributed by atoms with Crippen molar-refractivity contribution >= 4 is 11.9 Å². The van der Waals surface area contributed by atoms with E-state index in [-0.39, 0.29) is 26.2 Å². The molecule has 0 saturated carbocycles. The summed E-state index contributed by atoms with van der Waals surface area (Å²) >= 11 is 0. The van der Waals surface area contributed by atoms with Gasteiger partial charge in [-0.25, -0.2) is 9.59 Å². The van der Waals surface area contributed by atoms with E-state index < -0.39 is 11.9 Å². The highest BCUT2D eigenvalue weighted by Crippen LogP contribution is 2.24. The Morgan fingerprint density at radius 3 is 1.27 bits per heavy atom. The van der Waals surface area contributed by atoms with Gasteiger partial charge in [-0.1, -0.05) is 72.8 Å². The van der Waals surface area contributed by atoms with Crippen LogP contribution in [-0.4, -0.2) is 45.1 Å². The van der Waals surface area contributed by atoms with E-state index in [1.165, 1.54) is 10.1 Å². The molecule has 0 spiro atoms. The molecule has 0 aliphatic carbocycles. The minimum Gasteiger partial charge on any atom is -0.457 e. The molecule has 0 amide bonds. The molecule has 4 aromatic carbocycles. The number of nitrogens with zero attached hydrogens (tertiary/aromatic N) is 4. The van der Waals surface area contributed by atoms with E-state index in [0.29, 0.717) is 35.8 Å². The zero-order chi connectivity index (χ0) is 35.8. The molecule has 0 bridgehead atoms. The highest BCUT2D eigenvalue weighted by atomic mass is 16.8. The molecule has 0 radical (unpaired) electrons. The van der Waals surface area contributed by atoms with Crippen LogP contribution in [0.1, 0.15) is 22.5 Å². The number of aromatic nitrogens is 2. The van der Waals surface area contributed by atoms with Crippen LogP contribution in [-0.2, 0) is 45.2 Å². The molecule has 2 aromatic heterocycles. The molecule has 0 aliphatic rings. The van der Waals surface area contributed by atoms with E-state index in [4.69, 9.17) is 19.1 Å². The van der Waals surface area contributed by atoms with Crippen LogP contribution in [0.15, 0.2) is 158 Å². The van der Waals surface area contributed by atoms with Gasteiger partial charge in [0.2, 0.25) is 0 Å². The summed E-state index contributed by atoms with van der Waals surface area (Å²) in [5.74, 6) is 0.345. The molecule has 10 heteroatoms. The Labute approximate surface area is 302 Å². The third kappa shape index (κ3) is 11.3. The normalized spacial score (nSPS) is 10.9. The van der Waals surface area contributed by atoms with Crippen molar-refractivity contribution in [1.82, 2.24) is 20.1 Å². The van der Waals surface area contributed by atoms with Crippen LogP contribution in [0.25, 0.3) is 0 Å². The molecule has 262 valence electrons. The van der Waals surface area contributed by atoms with Crippen LogP contribution in [0.4, 0.5) is 0 Å². The Morgan fingerprint density at radius 1 is 0.462 bits per heavy atom. The van der Waals surface area contributed by atoms with E-state index in [2.05, 4.69) is 9.97 Å². The zero-order valence-electron chi connectivity index (χ0n) is 28.5. The monoisotopic (exact) mass is 694 g/mol. The molecule has 0 aliphatic heterocycles. The van der Waals surface area contributed by atoms with E-state index >= 15 is 0 Å². The molecule has 0 atom stereocenters. The predicted octanol–water partition coefficient (Wildman–Crippen LogP) is 7.77. The highest BCUT2D eigenvalue weighted by molar-refractivity contribution is 6.29. The first-order chi connectivity index (χ1) is 25.6. The summed E-state index contributed by atoms with van der Waals surface area (Å²) in [6, 6.07) is 45.1. The number of hydrogen-bond acceptors (Lipinski definition) is 10. The Morgan fingerprint density at radius 2 is 0.865 bits per heavy atom. The average molecular weight is 695 g/mol. The van der Waals surface area contributed by atoms with Crippen molar-refractivity contribution in [2.75, 3.05) is 13.1 Å². The molecule has 0 fully saturated rings. The molecular weight excluding hydrogens is 656 g/mol. The minimum atomic E-state index is -1.15. The van der Waals surface area contributed by atoms with Crippen molar-refractivity contribution in [3.63, 3.8) is 0 Å². The number of benzene rings is 4. The van der Waals surface area contributed by atoms with Crippen molar-refractivity contribution in [2.24, 2.45) is 0 Å². The van der Waals surface area contributed by atoms with Crippen molar-refractivity contribution in [1.29, 1.82) is 0 Å². The van der Waals surface area contributed by atoms with Gasteiger partial charge in [0.15, 0.2) is 0 Å². The smallest absolute Gasteiger partial charge is 0.438 e. The number of ether oxygens (including phenoxy) is 2. The second kappa shape index (κ2) is 18.6. The fourth-order valence-electron chi connectivity index (χ4n) is 5.26. The van der Waals surface area contributed by atoms with Crippen LogP contribution < -0.4 is 9.47 Å². The van der Waals surface area contributed by atoms with Crippen LogP contribution in [0.3, 0.4) is 0 Å². The summed E-state index contributed by atoms with van der Waals surface area (Å²) < 4.78 is 12.0. The second-order valence-electron chi connectivity index (χ2n) is 11.8. The van der Waals surface area contributed by atoms with E-state index in [1.807, 2.05) is 146 Å². The van der Waals surface area contributed by atoms with E-state index in [0.717, 1.165) is 22.5 Å². The number of rotatable bonds is 16. The summed E-state index contributed by atoms with van der Waals surface area (Å²) in [7, 11) is 0. The Kier molecular flexibility index (Phi) is 12.7. The molecule has 6 aromatic rings. The van der Waals surface area contributed by atoms with Crippen molar-refractivity contribution < 1.29 is 28.7 Å². The number of hydroxylamine groups is 4. The van der Waals surface area contributed by atoms with Crippen LogP contribution in [0.5, 0.6) is 23.0 Å². The van der Waals surface area contributed by atoms with Gasteiger partial charge in [0.05, 0.1) is 13.1 Å². The fourth-order valence-corrected chi connectivity index (χ4v) is 5.26. The van der Waals surface area contributed by atoms with Gasteiger partial charge < -0.3 is 19.1 Å². The second-order valence-corrected chi connectivity index (χ2v) is 11.8. The fraction of sp³-hybridized carbons (Fsp3) is 0.143. The lowest BCUT2D eigenvalue weighted by molar-refractivity contribution is -0.221. The highest BCUT2D eigenvalue weighted by Gasteiger charge is 2.26. The van der Waals surface area contributed by atoms with Crippen molar-refractivity contribution in [3.8, 4) is 23.0 Å². The van der Waals surface area contributed by atoms with Crippen molar-refractivity contribution in [2.45, 2.75) is 25.9 Å². The van der Waals surface area contributed by atoms with Crippen molar-refractivity contribution in [3.05, 3.63) is 181 Å². The molecule has 10 nitrogen and oxygen atoms in total. The van der Waals surface area contributed by atoms with Gasteiger partial charge in [-0.15, -0.1) is 10.1 Å². The summed E-state index contributed by atoms with van der Waals surface area (Å²) in [4.78, 5) is 46.8. The molecule has 2 heterocycles. The van der Waals surface area contributed by atoms with Gasteiger partial charge in [-0.2, -0.15) is 0 Å². The summed E-state index contributed by atoms with van der Waals surface area (Å²) in [6.45, 7) is 0.930. The topological polar surface area (TPSA) is 103 Å². The minimum absolute atomic E-state index is 0.190. The molecule has 0 saturated heterocycles. The maximum absolute atomic E-state index is 13.3. The number of hydrogen-bond donors (Lipinski definition) is 0. The Hall–Kier alpha value is -6.36. The quantitative estimate of drug-likeness (QED) is 0.0738. The lowest BCUT2D eigenvalue weighted by atomic mass is 10.2. The number of carbonyl (C=O) groups is 2. The zero-order valence-corrected chi connectivity index (χ0v) is 28.5. The summed E-state index contributed by atoms with van der Waals surface area (Å²) in [5, 5.41) is 2.87. The average Bonchev–Trinajstić information content (AvgIpc) is 3.18. The van der Waals surface area contributed by atoms with Crippen LogP contribution in [0.2, 0.25) is 0 Å².